The average molecular weight is 431 g/mol. The Kier molecular flexibility index (Phi) is 5.83. The zero-order chi connectivity index (χ0) is 22.0. The summed E-state index contributed by atoms with van der Waals surface area (Å²) in [4.78, 5) is 17.3. The Hall–Kier alpha value is -3.50. The SMILES string of the molecule is Cc1ccc(C)c(-c2ccncc2)c1C(=O)Nc1ccc(-c2ccccc2Cl)c(F)c1. The molecule has 154 valence electrons. The van der Waals surface area contributed by atoms with Crippen molar-refractivity contribution in [2.75, 3.05) is 5.32 Å². The summed E-state index contributed by atoms with van der Waals surface area (Å²) in [6.07, 6.45) is 3.39. The van der Waals surface area contributed by atoms with Crippen LogP contribution in [0.2, 0.25) is 5.02 Å². The number of nitrogens with one attached hydrogen (secondary N) is 1. The first-order chi connectivity index (χ1) is 15.0. The van der Waals surface area contributed by atoms with Crippen LogP contribution in [0.1, 0.15) is 21.5 Å². The zero-order valence-corrected chi connectivity index (χ0v) is 17.9. The van der Waals surface area contributed by atoms with Gasteiger partial charge in [0, 0.05) is 34.2 Å². The molecule has 1 aromatic heterocycles. The van der Waals surface area contributed by atoms with E-state index >= 15 is 0 Å². The topological polar surface area (TPSA) is 42.0 Å². The number of amides is 1. The molecule has 0 spiro atoms. The van der Waals surface area contributed by atoms with E-state index in [0.717, 1.165) is 22.3 Å². The van der Waals surface area contributed by atoms with Gasteiger partial charge in [-0.1, -0.05) is 41.9 Å². The van der Waals surface area contributed by atoms with Crippen LogP contribution in [0, 0.1) is 19.7 Å². The Labute approximate surface area is 185 Å². The fourth-order valence-corrected chi connectivity index (χ4v) is 3.92. The number of aryl methyl sites for hydroxylation is 2. The third kappa shape index (κ3) is 4.21. The van der Waals surface area contributed by atoms with Crippen LogP contribution >= 0.6 is 11.6 Å². The number of hydrogen-bond acceptors (Lipinski definition) is 2. The number of anilines is 1. The minimum absolute atomic E-state index is 0.294. The molecule has 1 amide bonds. The van der Waals surface area contributed by atoms with E-state index in [0.29, 0.717) is 27.4 Å². The highest BCUT2D eigenvalue weighted by Gasteiger charge is 2.19. The molecule has 0 fully saturated rings. The van der Waals surface area contributed by atoms with Crippen molar-refractivity contribution >= 4 is 23.2 Å². The van der Waals surface area contributed by atoms with Gasteiger partial charge in [-0.25, -0.2) is 4.39 Å². The van der Waals surface area contributed by atoms with Gasteiger partial charge in [0.1, 0.15) is 5.82 Å². The summed E-state index contributed by atoms with van der Waals surface area (Å²) in [5, 5.41) is 3.31. The Morgan fingerprint density at radius 1 is 0.903 bits per heavy atom. The number of nitrogens with zero attached hydrogens (tertiary/aromatic N) is 1. The molecule has 3 aromatic carbocycles. The van der Waals surface area contributed by atoms with E-state index in [1.165, 1.54) is 6.07 Å². The Balaban J connectivity index is 1.69. The van der Waals surface area contributed by atoms with Gasteiger partial charge in [-0.3, -0.25) is 9.78 Å². The summed E-state index contributed by atoms with van der Waals surface area (Å²) >= 11 is 6.20. The largest absolute Gasteiger partial charge is 0.322 e. The maximum atomic E-state index is 14.8. The average Bonchev–Trinajstić information content (AvgIpc) is 2.76. The molecule has 1 heterocycles. The van der Waals surface area contributed by atoms with Gasteiger partial charge >= 0.3 is 0 Å². The summed E-state index contributed by atoms with van der Waals surface area (Å²) in [6.45, 7) is 3.85. The van der Waals surface area contributed by atoms with Crippen molar-refractivity contribution in [1.82, 2.24) is 4.98 Å². The van der Waals surface area contributed by atoms with Gasteiger partial charge in [0.15, 0.2) is 0 Å². The lowest BCUT2D eigenvalue weighted by Crippen LogP contribution is -2.15. The monoisotopic (exact) mass is 430 g/mol. The van der Waals surface area contributed by atoms with Crippen LogP contribution in [-0.2, 0) is 0 Å². The van der Waals surface area contributed by atoms with Gasteiger partial charge in [-0.05, 0) is 72.5 Å². The molecule has 0 aliphatic heterocycles. The lowest BCUT2D eigenvalue weighted by Gasteiger charge is -2.16. The predicted molar refractivity (Wildman–Crippen MR) is 124 cm³/mol. The number of benzene rings is 3. The van der Waals surface area contributed by atoms with Crippen molar-refractivity contribution in [1.29, 1.82) is 0 Å². The third-order valence-corrected chi connectivity index (χ3v) is 5.54. The molecule has 0 saturated heterocycles. The fourth-order valence-electron chi connectivity index (χ4n) is 3.68. The summed E-state index contributed by atoms with van der Waals surface area (Å²) in [7, 11) is 0. The van der Waals surface area contributed by atoms with Crippen LogP contribution in [0.4, 0.5) is 10.1 Å². The van der Waals surface area contributed by atoms with E-state index in [2.05, 4.69) is 10.3 Å². The van der Waals surface area contributed by atoms with E-state index in [1.807, 2.05) is 38.1 Å². The van der Waals surface area contributed by atoms with Crippen molar-refractivity contribution in [2.24, 2.45) is 0 Å². The van der Waals surface area contributed by atoms with Crippen LogP contribution in [0.25, 0.3) is 22.3 Å². The van der Waals surface area contributed by atoms with Gasteiger partial charge in [-0.15, -0.1) is 0 Å². The molecule has 0 saturated carbocycles. The van der Waals surface area contributed by atoms with Crippen LogP contribution in [-0.4, -0.2) is 10.9 Å². The van der Waals surface area contributed by atoms with Gasteiger partial charge in [0.2, 0.25) is 0 Å². The minimum Gasteiger partial charge on any atom is -0.322 e. The smallest absolute Gasteiger partial charge is 0.256 e. The van der Waals surface area contributed by atoms with Crippen LogP contribution in [0.3, 0.4) is 0 Å². The van der Waals surface area contributed by atoms with E-state index in [-0.39, 0.29) is 5.91 Å². The number of halogens is 2. The normalized spacial score (nSPS) is 10.7. The van der Waals surface area contributed by atoms with Gasteiger partial charge in [0.25, 0.3) is 5.91 Å². The summed E-state index contributed by atoms with van der Waals surface area (Å²) in [5.74, 6) is -0.751. The van der Waals surface area contributed by atoms with Gasteiger partial charge in [0.05, 0.1) is 5.56 Å². The molecule has 0 aliphatic carbocycles. The number of rotatable bonds is 4. The molecule has 31 heavy (non-hydrogen) atoms. The second-order valence-corrected chi connectivity index (χ2v) is 7.72. The maximum Gasteiger partial charge on any atom is 0.256 e. The minimum atomic E-state index is -0.457. The number of carbonyl (C=O) groups is 1. The number of carbonyl (C=O) groups excluding carboxylic acids is 1. The van der Waals surface area contributed by atoms with Crippen molar-refractivity contribution in [3.63, 3.8) is 0 Å². The van der Waals surface area contributed by atoms with Crippen molar-refractivity contribution < 1.29 is 9.18 Å². The molecule has 3 nitrogen and oxygen atoms in total. The second kappa shape index (κ2) is 8.70. The van der Waals surface area contributed by atoms with E-state index in [9.17, 15) is 9.18 Å². The standard InChI is InChI=1S/C26H20ClFN2O/c1-16-7-8-17(2)25(24(16)18-11-13-29-14-12-18)26(31)30-19-9-10-21(23(28)15-19)20-5-3-4-6-22(20)27/h3-15H,1-2H3,(H,30,31). The number of hydrogen-bond donors (Lipinski definition) is 1. The molecular formula is C26H20ClFN2O. The van der Waals surface area contributed by atoms with Crippen LogP contribution in [0.5, 0.6) is 0 Å². The van der Waals surface area contributed by atoms with E-state index in [1.54, 1.807) is 48.8 Å². The van der Waals surface area contributed by atoms with Crippen LogP contribution < -0.4 is 5.32 Å². The summed E-state index contributed by atoms with van der Waals surface area (Å²) in [6, 6.07) is 19.3. The molecule has 4 rings (SSSR count). The second-order valence-electron chi connectivity index (χ2n) is 7.31. The predicted octanol–water partition coefficient (Wildman–Crippen LogP) is 7.08. The molecule has 0 radical (unpaired) electrons. The first-order valence-electron chi connectivity index (χ1n) is 9.82. The number of pyridine rings is 1. The first kappa shape index (κ1) is 20.8. The highest BCUT2D eigenvalue weighted by Crippen LogP contribution is 2.33. The van der Waals surface area contributed by atoms with Gasteiger partial charge < -0.3 is 5.32 Å². The van der Waals surface area contributed by atoms with Crippen molar-refractivity contribution in [2.45, 2.75) is 13.8 Å². The van der Waals surface area contributed by atoms with Crippen LogP contribution in [0.15, 0.2) is 79.1 Å². The highest BCUT2D eigenvalue weighted by molar-refractivity contribution is 6.33. The Morgan fingerprint density at radius 2 is 1.61 bits per heavy atom. The molecule has 0 bridgehead atoms. The lowest BCUT2D eigenvalue weighted by atomic mass is 9.91. The zero-order valence-electron chi connectivity index (χ0n) is 17.1. The summed E-state index contributed by atoms with van der Waals surface area (Å²) in [5.41, 5.74) is 5.48. The Morgan fingerprint density at radius 3 is 2.32 bits per heavy atom. The van der Waals surface area contributed by atoms with Crippen molar-refractivity contribution in [3.05, 3.63) is 107 Å². The van der Waals surface area contributed by atoms with Crippen molar-refractivity contribution in [3.8, 4) is 22.3 Å². The quantitative estimate of drug-likeness (QED) is 0.376. The van der Waals surface area contributed by atoms with Gasteiger partial charge in [-0.2, -0.15) is 0 Å². The molecule has 4 aromatic rings. The first-order valence-corrected chi connectivity index (χ1v) is 10.2. The molecule has 0 atom stereocenters. The maximum absolute atomic E-state index is 14.8. The third-order valence-electron chi connectivity index (χ3n) is 5.21. The Bertz CT molecular complexity index is 1270. The molecule has 0 aliphatic rings. The summed E-state index contributed by atoms with van der Waals surface area (Å²) < 4.78 is 14.8. The lowest BCUT2D eigenvalue weighted by molar-refractivity contribution is 0.102. The number of aromatic nitrogens is 1. The fraction of sp³-hybridized carbons (Fsp3) is 0.0769. The molecular weight excluding hydrogens is 411 g/mol. The molecule has 1 N–H and O–H groups in total. The van der Waals surface area contributed by atoms with E-state index in [4.69, 9.17) is 11.6 Å². The highest BCUT2D eigenvalue weighted by atomic mass is 35.5. The molecule has 5 heteroatoms. The molecule has 0 unspecified atom stereocenters. The van der Waals surface area contributed by atoms with E-state index < -0.39 is 5.82 Å².